The van der Waals surface area contributed by atoms with Gasteiger partial charge in [-0.3, -0.25) is 9.48 Å². The molecule has 2 rings (SSSR count). The van der Waals surface area contributed by atoms with Crippen molar-refractivity contribution in [2.45, 2.75) is 26.9 Å². The molecule has 1 aromatic heterocycles. The van der Waals surface area contributed by atoms with Gasteiger partial charge < -0.3 is 11.1 Å². The predicted octanol–water partition coefficient (Wildman–Crippen LogP) is 1.68. The quantitative estimate of drug-likeness (QED) is 0.901. The molecule has 5 nitrogen and oxygen atoms in total. The van der Waals surface area contributed by atoms with Crippen molar-refractivity contribution in [3.63, 3.8) is 0 Å². The Balaban J connectivity index is 1.95. The monoisotopic (exact) mass is 294 g/mol. The number of rotatable bonds is 4. The minimum atomic E-state index is -0.937. The molecule has 0 fully saturated rings. The Bertz CT molecular complexity index is 682. The van der Waals surface area contributed by atoms with Crippen LogP contribution in [0.5, 0.6) is 0 Å². The molecule has 0 bridgehead atoms. The van der Waals surface area contributed by atoms with E-state index in [4.69, 9.17) is 5.73 Å². The van der Waals surface area contributed by atoms with E-state index in [9.17, 15) is 13.6 Å². The number of nitrogen functional groups attached to an aromatic ring is 1. The second-order valence-electron chi connectivity index (χ2n) is 4.77. The largest absolute Gasteiger partial charge is 0.396 e. The summed E-state index contributed by atoms with van der Waals surface area (Å²) in [5.41, 5.74) is 8.21. The molecule has 0 atom stereocenters. The van der Waals surface area contributed by atoms with Gasteiger partial charge in [-0.25, -0.2) is 8.78 Å². The number of aryl methyl sites for hydroxylation is 1. The molecule has 0 aliphatic carbocycles. The zero-order chi connectivity index (χ0) is 15.6. The van der Waals surface area contributed by atoms with Gasteiger partial charge in [-0.2, -0.15) is 5.10 Å². The third-order valence-corrected chi connectivity index (χ3v) is 3.20. The van der Waals surface area contributed by atoms with Crippen molar-refractivity contribution < 1.29 is 13.6 Å². The Morgan fingerprint density at radius 2 is 2.05 bits per heavy atom. The molecule has 2 aromatic rings. The topological polar surface area (TPSA) is 72.9 Å². The first-order valence-corrected chi connectivity index (χ1v) is 6.38. The summed E-state index contributed by atoms with van der Waals surface area (Å²) in [5, 5.41) is 6.77. The number of nitrogens with two attached hydrogens (primary N) is 1. The summed E-state index contributed by atoms with van der Waals surface area (Å²) in [4.78, 5) is 11.8. The maximum absolute atomic E-state index is 13.0. The number of hydrogen-bond acceptors (Lipinski definition) is 3. The first-order chi connectivity index (χ1) is 9.88. The number of amides is 1. The van der Waals surface area contributed by atoms with E-state index in [1.54, 1.807) is 13.8 Å². The molecule has 0 spiro atoms. The summed E-state index contributed by atoms with van der Waals surface area (Å²) in [6.07, 6.45) is 0. The van der Waals surface area contributed by atoms with Gasteiger partial charge in [-0.05, 0) is 31.5 Å². The van der Waals surface area contributed by atoms with Crippen molar-refractivity contribution in [2.24, 2.45) is 0 Å². The van der Waals surface area contributed by atoms with Crippen LogP contribution in [0.3, 0.4) is 0 Å². The third-order valence-electron chi connectivity index (χ3n) is 3.20. The average Bonchev–Trinajstić information content (AvgIpc) is 2.68. The van der Waals surface area contributed by atoms with Crippen LogP contribution in [-0.2, 0) is 17.9 Å². The number of nitrogens with one attached hydrogen (secondary N) is 1. The molecule has 1 amide bonds. The Morgan fingerprint density at radius 3 is 2.62 bits per heavy atom. The SMILES string of the molecule is Cc1nn(CC(=O)NCc2ccc(F)c(F)c2)c(C)c1N. The van der Waals surface area contributed by atoms with Crippen molar-refractivity contribution in [2.75, 3.05) is 5.73 Å². The fraction of sp³-hybridized carbons (Fsp3) is 0.286. The first kappa shape index (κ1) is 15.0. The Labute approximate surface area is 120 Å². The van der Waals surface area contributed by atoms with Crippen LogP contribution in [0.15, 0.2) is 18.2 Å². The maximum Gasteiger partial charge on any atom is 0.242 e. The van der Waals surface area contributed by atoms with Gasteiger partial charge >= 0.3 is 0 Å². The van der Waals surface area contributed by atoms with Crippen molar-refractivity contribution in [3.05, 3.63) is 46.8 Å². The van der Waals surface area contributed by atoms with Gasteiger partial charge in [0.15, 0.2) is 11.6 Å². The highest BCUT2D eigenvalue weighted by Gasteiger charge is 2.11. The van der Waals surface area contributed by atoms with Gasteiger partial charge in [0.1, 0.15) is 6.54 Å². The van der Waals surface area contributed by atoms with Gasteiger partial charge in [0.25, 0.3) is 0 Å². The lowest BCUT2D eigenvalue weighted by Gasteiger charge is -2.07. The molecule has 0 aliphatic heterocycles. The number of halogens is 2. The lowest BCUT2D eigenvalue weighted by molar-refractivity contribution is -0.122. The van der Waals surface area contributed by atoms with Crippen LogP contribution in [0.1, 0.15) is 17.0 Å². The number of aromatic nitrogens is 2. The maximum atomic E-state index is 13.0. The van der Waals surface area contributed by atoms with Crippen molar-refractivity contribution in [1.82, 2.24) is 15.1 Å². The number of nitrogens with zero attached hydrogens (tertiary/aromatic N) is 2. The normalized spacial score (nSPS) is 10.7. The lowest BCUT2D eigenvalue weighted by atomic mass is 10.2. The van der Waals surface area contributed by atoms with Crippen LogP contribution in [0, 0.1) is 25.5 Å². The number of anilines is 1. The summed E-state index contributed by atoms with van der Waals surface area (Å²) in [6, 6.07) is 3.50. The van der Waals surface area contributed by atoms with Crippen LogP contribution in [0.4, 0.5) is 14.5 Å². The average molecular weight is 294 g/mol. The van der Waals surface area contributed by atoms with Gasteiger partial charge in [0.2, 0.25) is 5.91 Å². The van der Waals surface area contributed by atoms with E-state index in [0.717, 1.165) is 17.8 Å². The predicted molar refractivity (Wildman–Crippen MR) is 74.3 cm³/mol. The highest BCUT2D eigenvalue weighted by Crippen LogP contribution is 2.14. The highest BCUT2D eigenvalue weighted by atomic mass is 19.2. The molecule has 0 radical (unpaired) electrons. The molecule has 1 heterocycles. The first-order valence-electron chi connectivity index (χ1n) is 6.38. The molecule has 0 saturated heterocycles. The minimum absolute atomic E-state index is 0.0214. The molecule has 112 valence electrons. The number of carbonyl (C=O) groups excluding carboxylic acids is 1. The molecule has 21 heavy (non-hydrogen) atoms. The fourth-order valence-electron chi connectivity index (χ4n) is 1.91. The van der Waals surface area contributed by atoms with Gasteiger partial charge in [-0.15, -0.1) is 0 Å². The molecular weight excluding hydrogens is 278 g/mol. The van der Waals surface area contributed by atoms with Crippen LogP contribution < -0.4 is 11.1 Å². The van der Waals surface area contributed by atoms with E-state index in [-0.39, 0.29) is 19.0 Å². The third kappa shape index (κ3) is 3.36. The van der Waals surface area contributed by atoms with Gasteiger partial charge in [0, 0.05) is 6.54 Å². The highest BCUT2D eigenvalue weighted by molar-refractivity contribution is 5.75. The smallest absolute Gasteiger partial charge is 0.242 e. The molecule has 3 N–H and O–H groups in total. The zero-order valence-electron chi connectivity index (χ0n) is 11.8. The molecule has 0 aliphatic rings. The van der Waals surface area contributed by atoms with E-state index >= 15 is 0 Å². The van der Waals surface area contributed by atoms with Crippen molar-refractivity contribution in [3.8, 4) is 0 Å². The van der Waals surface area contributed by atoms with Crippen molar-refractivity contribution in [1.29, 1.82) is 0 Å². The summed E-state index contributed by atoms with van der Waals surface area (Å²) >= 11 is 0. The summed E-state index contributed by atoms with van der Waals surface area (Å²) < 4.78 is 27.3. The van der Waals surface area contributed by atoms with E-state index in [0.29, 0.717) is 16.9 Å². The zero-order valence-corrected chi connectivity index (χ0v) is 11.8. The second kappa shape index (κ2) is 5.90. The van der Waals surface area contributed by atoms with Crippen LogP contribution in [-0.4, -0.2) is 15.7 Å². The Kier molecular flexibility index (Phi) is 4.21. The van der Waals surface area contributed by atoms with E-state index < -0.39 is 11.6 Å². The molecule has 0 unspecified atom stereocenters. The standard InChI is InChI=1S/C14H16F2N4O/c1-8-14(17)9(2)20(19-8)7-13(21)18-6-10-3-4-11(15)12(16)5-10/h3-5H,6-7,17H2,1-2H3,(H,18,21). The van der Waals surface area contributed by atoms with E-state index in [2.05, 4.69) is 10.4 Å². The van der Waals surface area contributed by atoms with Crippen molar-refractivity contribution >= 4 is 11.6 Å². The summed E-state index contributed by atoms with van der Waals surface area (Å²) in [5.74, 6) is -2.14. The Morgan fingerprint density at radius 1 is 1.33 bits per heavy atom. The summed E-state index contributed by atoms with van der Waals surface area (Å²) in [6.45, 7) is 3.67. The van der Waals surface area contributed by atoms with Gasteiger partial charge in [0.05, 0.1) is 17.1 Å². The van der Waals surface area contributed by atoms with Crippen LogP contribution >= 0.6 is 0 Å². The number of carbonyl (C=O) groups is 1. The van der Waals surface area contributed by atoms with E-state index in [1.165, 1.54) is 10.7 Å². The number of hydrogen-bond donors (Lipinski definition) is 2. The molecular formula is C14H16F2N4O. The summed E-state index contributed by atoms with van der Waals surface area (Å²) in [7, 11) is 0. The van der Waals surface area contributed by atoms with Crippen LogP contribution in [0.25, 0.3) is 0 Å². The van der Waals surface area contributed by atoms with Gasteiger partial charge in [-0.1, -0.05) is 6.07 Å². The number of benzene rings is 1. The molecule has 1 aromatic carbocycles. The lowest BCUT2D eigenvalue weighted by Crippen LogP contribution is -2.28. The molecule has 0 saturated carbocycles. The van der Waals surface area contributed by atoms with E-state index in [1.807, 2.05) is 0 Å². The van der Waals surface area contributed by atoms with Crippen LogP contribution in [0.2, 0.25) is 0 Å². The molecule has 7 heteroatoms. The Hall–Kier alpha value is -2.44. The fourth-order valence-corrected chi connectivity index (χ4v) is 1.91. The minimum Gasteiger partial charge on any atom is -0.396 e. The second-order valence-corrected chi connectivity index (χ2v) is 4.77.